The van der Waals surface area contributed by atoms with Gasteiger partial charge in [0.05, 0.1) is 5.69 Å². The molecule has 0 aromatic heterocycles. The molecular weight excluding hydrogens is 653 g/mol. The third kappa shape index (κ3) is 11.0. The molecule has 0 bridgehead atoms. The molecule has 0 saturated carbocycles. The summed E-state index contributed by atoms with van der Waals surface area (Å²) in [7, 11) is -9.50. The molecule has 0 heterocycles. The monoisotopic (exact) mass is 724 g/mol. The number of nitrogens with one attached hydrogen (secondary N) is 1. The molecule has 46 heavy (non-hydrogen) atoms. The van der Waals surface area contributed by atoms with Crippen LogP contribution in [0, 0.1) is 0 Å². The third-order valence-corrected chi connectivity index (χ3v) is 37.1. The fraction of sp³-hybridized carbons (Fsp3) is 0.605. The van der Waals surface area contributed by atoms with Crippen LogP contribution >= 0.6 is 0 Å². The van der Waals surface area contributed by atoms with Crippen molar-refractivity contribution < 1.29 is 0 Å². The maximum atomic E-state index is 5.77. The van der Waals surface area contributed by atoms with Gasteiger partial charge in [0.25, 0.3) is 0 Å². The van der Waals surface area contributed by atoms with Crippen molar-refractivity contribution >= 4 is 65.5 Å². The van der Waals surface area contributed by atoms with Crippen molar-refractivity contribution in [3.8, 4) is 0 Å². The summed E-state index contributed by atoms with van der Waals surface area (Å²) in [6, 6.07) is 16.0. The minimum Gasteiger partial charge on any atom is -0.359 e. The van der Waals surface area contributed by atoms with Crippen LogP contribution in [0.1, 0.15) is 46.0 Å². The van der Waals surface area contributed by atoms with Crippen LogP contribution in [0.2, 0.25) is 118 Å². The average molecular weight is 726 g/mol. The minimum atomic E-state index is -1.62. The molecule has 0 aliphatic carbocycles. The van der Waals surface area contributed by atoms with E-state index < -0.39 is 48.4 Å². The van der Waals surface area contributed by atoms with Crippen LogP contribution in [0.3, 0.4) is 0 Å². The number of hydrogen-bond donors (Lipinski definition) is 1. The minimum absolute atomic E-state index is 0.630. The van der Waals surface area contributed by atoms with Gasteiger partial charge < -0.3 is 5.32 Å². The lowest BCUT2D eigenvalue weighted by atomic mass is 10.0. The molecule has 0 unspecified atom stereocenters. The summed E-state index contributed by atoms with van der Waals surface area (Å²) < 4.78 is 0. The van der Waals surface area contributed by atoms with Gasteiger partial charge in [-0.25, -0.2) is 0 Å². The van der Waals surface area contributed by atoms with Crippen molar-refractivity contribution in [1.82, 2.24) is 0 Å². The van der Waals surface area contributed by atoms with E-state index in [1.54, 1.807) is 16.7 Å². The number of nitrogens with zero attached hydrogens (tertiary/aromatic N) is 1. The van der Waals surface area contributed by atoms with Crippen LogP contribution in [-0.4, -0.2) is 54.2 Å². The lowest BCUT2D eigenvalue weighted by Gasteiger charge is -2.45. The number of hydrogen-bond acceptors (Lipinski definition) is 2. The number of allylic oxidation sites excluding steroid dienone is 2. The molecule has 8 heteroatoms. The molecule has 0 saturated heterocycles. The van der Waals surface area contributed by atoms with E-state index in [1.807, 2.05) is 0 Å². The quantitative estimate of drug-likeness (QED) is 0.161. The molecule has 2 aromatic rings. The van der Waals surface area contributed by atoms with E-state index in [9.17, 15) is 0 Å². The first-order valence-electron chi connectivity index (χ1n) is 17.7. The first-order chi connectivity index (χ1) is 20.5. The molecule has 2 rings (SSSR count). The Morgan fingerprint density at radius 3 is 1.22 bits per heavy atom. The smallest absolute Gasteiger partial charge is 0.0691 e. The Bertz CT molecular complexity index is 1290. The van der Waals surface area contributed by atoms with Gasteiger partial charge in [-0.15, -0.1) is 0 Å². The first kappa shape index (κ1) is 41.1. The SMILES string of the molecule is CC(/C=C(\C)Nc1ccccc1)=Nc1c(C([Si](C)(C)C)[Si](C)(C)C)cc(C([Si](C)(C)C)[Si](C)(C)C)cc1C([Si](C)(C)C)[Si](C)(C)C. The second-order valence-electron chi connectivity index (χ2n) is 20.6. The molecule has 258 valence electrons. The predicted molar refractivity (Wildman–Crippen MR) is 231 cm³/mol. The van der Waals surface area contributed by atoms with E-state index in [4.69, 9.17) is 4.99 Å². The van der Waals surface area contributed by atoms with Gasteiger partial charge in [0.1, 0.15) is 0 Å². The van der Waals surface area contributed by atoms with Gasteiger partial charge in [-0.2, -0.15) is 0 Å². The summed E-state index contributed by atoms with van der Waals surface area (Å²) in [6.07, 6.45) is 2.26. The zero-order valence-electron chi connectivity index (χ0n) is 33.8. The Hall–Kier alpha value is -1.05. The van der Waals surface area contributed by atoms with Crippen LogP contribution in [0.25, 0.3) is 0 Å². The summed E-state index contributed by atoms with van der Waals surface area (Å²) in [5, 5.41) is 5.57. The molecule has 2 aromatic carbocycles. The molecule has 0 radical (unpaired) electrons. The van der Waals surface area contributed by atoms with Gasteiger partial charge in [0, 0.05) is 65.5 Å². The maximum absolute atomic E-state index is 5.77. The fourth-order valence-corrected chi connectivity index (χ4v) is 47.6. The summed E-state index contributed by atoms with van der Waals surface area (Å²) in [5.74, 6) is 0. The van der Waals surface area contributed by atoms with Crippen molar-refractivity contribution in [2.24, 2.45) is 4.99 Å². The topological polar surface area (TPSA) is 24.4 Å². The highest BCUT2D eigenvalue weighted by molar-refractivity contribution is 6.98. The van der Waals surface area contributed by atoms with E-state index in [0.29, 0.717) is 15.5 Å². The average Bonchev–Trinajstić information content (AvgIpc) is 2.76. The number of benzene rings is 2. The molecule has 1 N–H and O–H groups in total. The number of aliphatic imine (C=N–C) groups is 1. The zero-order chi connectivity index (χ0) is 35.8. The molecule has 0 amide bonds. The number of para-hydroxylation sites is 1. The first-order valence-corrected chi connectivity index (χ1v) is 39.2. The molecule has 0 aliphatic heterocycles. The molecule has 0 aliphatic rings. The van der Waals surface area contributed by atoms with Gasteiger partial charge in [-0.1, -0.05) is 148 Å². The van der Waals surface area contributed by atoms with E-state index in [2.05, 4.69) is 186 Å². The fourth-order valence-electron chi connectivity index (χ4n) is 9.51. The second kappa shape index (κ2) is 14.4. The van der Waals surface area contributed by atoms with Gasteiger partial charge in [-0.3, -0.25) is 4.99 Å². The van der Waals surface area contributed by atoms with Crippen LogP contribution in [0.5, 0.6) is 0 Å². The summed E-state index contributed by atoms with van der Waals surface area (Å²) in [4.78, 5) is 5.77. The van der Waals surface area contributed by atoms with Crippen LogP contribution in [0.4, 0.5) is 11.4 Å². The number of rotatable bonds is 13. The highest BCUT2D eigenvalue weighted by Gasteiger charge is 2.46. The van der Waals surface area contributed by atoms with Crippen molar-refractivity contribution in [2.75, 3.05) is 5.32 Å². The van der Waals surface area contributed by atoms with Crippen LogP contribution in [0.15, 0.2) is 59.2 Å². The molecular formula is C38H72N2Si6. The summed E-state index contributed by atoms with van der Waals surface area (Å²) in [5.41, 5.74) is 9.57. The summed E-state index contributed by atoms with van der Waals surface area (Å²) >= 11 is 0. The lowest BCUT2D eigenvalue weighted by Crippen LogP contribution is -2.49. The van der Waals surface area contributed by atoms with E-state index in [-0.39, 0.29) is 0 Å². The maximum Gasteiger partial charge on any atom is 0.0691 e. The van der Waals surface area contributed by atoms with E-state index >= 15 is 0 Å². The summed E-state index contributed by atoms with van der Waals surface area (Å²) in [6.45, 7) is 51.6. The highest BCUT2D eigenvalue weighted by atomic mass is 28.4. The standard InChI is InChI=1S/C38H72N2Si6/c1-29(39-32-24-22-21-23-25-32)26-30(2)40-35-33(37(43(9,10)11)44(12,13)14)27-31(36(41(3,4)5)42(6,7)8)28-34(35)38(45(15,16)17)46(18,19)20/h21-28,36-39H,1-20H3/b29-26+,40-30?. The van der Waals surface area contributed by atoms with Gasteiger partial charge in [-0.05, 0) is 64.2 Å². The van der Waals surface area contributed by atoms with Crippen molar-refractivity contribution in [1.29, 1.82) is 0 Å². The van der Waals surface area contributed by atoms with Gasteiger partial charge >= 0.3 is 0 Å². The number of anilines is 1. The Balaban J connectivity index is 3.22. The van der Waals surface area contributed by atoms with Crippen molar-refractivity contribution in [3.63, 3.8) is 0 Å². The largest absolute Gasteiger partial charge is 0.359 e. The Morgan fingerprint density at radius 2 is 0.891 bits per heavy atom. The predicted octanol–water partition coefficient (Wildman–Crippen LogP) is 13.3. The normalized spacial score (nSPS) is 14.9. The molecule has 0 fully saturated rings. The Labute approximate surface area is 292 Å². The Morgan fingerprint density at radius 1 is 0.543 bits per heavy atom. The van der Waals surface area contributed by atoms with Crippen LogP contribution in [-0.2, 0) is 0 Å². The van der Waals surface area contributed by atoms with Crippen molar-refractivity contribution in [2.45, 2.75) is 147 Å². The lowest BCUT2D eigenvalue weighted by molar-refractivity contribution is 1.07. The second-order valence-corrected chi connectivity index (χ2v) is 54.2. The molecule has 0 atom stereocenters. The zero-order valence-corrected chi connectivity index (χ0v) is 39.8. The highest BCUT2D eigenvalue weighted by Crippen LogP contribution is 2.50. The van der Waals surface area contributed by atoms with Crippen molar-refractivity contribution in [3.05, 3.63) is 70.9 Å². The van der Waals surface area contributed by atoms with E-state index in [0.717, 1.165) is 17.1 Å². The van der Waals surface area contributed by atoms with E-state index in [1.165, 1.54) is 5.69 Å². The van der Waals surface area contributed by atoms with Crippen LogP contribution < -0.4 is 5.32 Å². The molecule has 0 spiro atoms. The Kier molecular flexibility index (Phi) is 12.9. The van der Waals surface area contributed by atoms with Gasteiger partial charge in [0.2, 0.25) is 0 Å². The van der Waals surface area contributed by atoms with Gasteiger partial charge in [0.15, 0.2) is 0 Å². The third-order valence-electron chi connectivity index (χ3n) is 9.17. The molecule has 2 nitrogen and oxygen atoms in total.